The van der Waals surface area contributed by atoms with E-state index in [0.29, 0.717) is 6.54 Å². The third kappa shape index (κ3) is 2.92. The van der Waals surface area contributed by atoms with Gasteiger partial charge in [0.1, 0.15) is 0 Å². The van der Waals surface area contributed by atoms with Crippen molar-refractivity contribution in [2.45, 2.75) is 51.1 Å². The standard InChI is InChI=1S/C14H25N3O2/c1-11-12(13(19-3)17(2)16-11)9-15-14(10-18)7-5-4-6-8-14/h15,18H,4-10H2,1-3H3. The zero-order valence-electron chi connectivity index (χ0n) is 12.2. The molecule has 2 rings (SSSR count). The molecule has 0 aromatic carbocycles. The van der Waals surface area contributed by atoms with E-state index < -0.39 is 0 Å². The lowest BCUT2D eigenvalue weighted by Gasteiger charge is -2.36. The predicted octanol–water partition coefficient (Wildman–Crippen LogP) is 1.52. The van der Waals surface area contributed by atoms with Crippen LogP contribution in [0, 0.1) is 6.92 Å². The number of aryl methyl sites for hydroxylation is 2. The Hall–Kier alpha value is -1.07. The normalized spacial score (nSPS) is 18.5. The first kappa shape index (κ1) is 14.3. The van der Waals surface area contributed by atoms with Crippen molar-refractivity contribution in [3.8, 4) is 5.88 Å². The van der Waals surface area contributed by atoms with E-state index in [9.17, 15) is 5.11 Å². The van der Waals surface area contributed by atoms with Crippen molar-refractivity contribution in [3.63, 3.8) is 0 Å². The van der Waals surface area contributed by atoms with Crippen LogP contribution in [0.15, 0.2) is 0 Å². The van der Waals surface area contributed by atoms with Crippen molar-refractivity contribution in [1.29, 1.82) is 0 Å². The van der Waals surface area contributed by atoms with Crippen molar-refractivity contribution in [3.05, 3.63) is 11.3 Å². The average Bonchev–Trinajstić information content (AvgIpc) is 2.71. The Kier molecular flexibility index (Phi) is 4.47. The monoisotopic (exact) mass is 267 g/mol. The topological polar surface area (TPSA) is 59.3 Å². The molecule has 1 heterocycles. The molecule has 0 amide bonds. The highest BCUT2D eigenvalue weighted by atomic mass is 16.5. The van der Waals surface area contributed by atoms with Gasteiger partial charge in [0, 0.05) is 19.1 Å². The van der Waals surface area contributed by atoms with Crippen LogP contribution in [0.25, 0.3) is 0 Å². The number of nitrogens with one attached hydrogen (secondary N) is 1. The Balaban J connectivity index is 2.09. The minimum Gasteiger partial charge on any atom is -0.481 e. The third-order valence-corrected chi connectivity index (χ3v) is 4.24. The van der Waals surface area contributed by atoms with E-state index in [1.807, 2.05) is 14.0 Å². The van der Waals surface area contributed by atoms with Crippen LogP contribution in [0.1, 0.15) is 43.4 Å². The summed E-state index contributed by atoms with van der Waals surface area (Å²) in [4.78, 5) is 0. The van der Waals surface area contributed by atoms with Crippen molar-refractivity contribution in [1.82, 2.24) is 15.1 Å². The molecule has 2 N–H and O–H groups in total. The molecular formula is C14H25N3O2. The van der Waals surface area contributed by atoms with Crippen LogP contribution in [0.2, 0.25) is 0 Å². The van der Waals surface area contributed by atoms with E-state index in [4.69, 9.17) is 4.74 Å². The molecule has 0 atom stereocenters. The maximum absolute atomic E-state index is 9.71. The summed E-state index contributed by atoms with van der Waals surface area (Å²) >= 11 is 0. The molecular weight excluding hydrogens is 242 g/mol. The summed E-state index contributed by atoms with van der Waals surface area (Å²) in [7, 11) is 3.56. The summed E-state index contributed by atoms with van der Waals surface area (Å²) < 4.78 is 7.16. The van der Waals surface area contributed by atoms with E-state index in [1.54, 1.807) is 11.8 Å². The summed E-state index contributed by atoms with van der Waals surface area (Å²) in [5.74, 6) is 0.800. The summed E-state index contributed by atoms with van der Waals surface area (Å²) in [6, 6.07) is 0. The van der Waals surface area contributed by atoms with Gasteiger partial charge in [-0.25, -0.2) is 4.68 Å². The zero-order chi connectivity index (χ0) is 13.9. The van der Waals surface area contributed by atoms with Gasteiger partial charge in [-0.15, -0.1) is 0 Å². The molecule has 0 bridgehead atoms. The van der Waals surface area contributed by atoms with E-state index in [1.165, 1.54) is 19.3 Å². The number of hydrogen-bond acceptors (Lipinski definition) is 4. The molecule has 5 nitrogen and oxygen atoms in total. The highest BCUT2D eigenvalue weighted by Gasteiger charge is 2.31. The maximum Gasteiger partial charge on any atom is 0.216 e. The molecule has 1 aliphatic rings. The predicted molar refractivity (Wildman–Crippen MR) is 74.2 cm³/mol. The van der Waals surface area contributed by atoms with Crippen molar-refractivity contribution in [2.24, 2.45) is 7.05 Å². The minimum atomic E-state index is -0.120. The Morgan fingerprint density at radius 1 is 1.37 bits per heavy atom. The lowest BCUT2D eigenvalue weighted by atomic mass is 9.82. The minimum absolute atomic E-state index is 0.120. The SMILES string of the molecule is COc1c(CNC2(CO)CCCCC2)c(C)nn1C. The molecule has 1 saturated carbocycles. The van der Waals surface area contributed by atoms with Gasteiger partial charge in [0.05, 0.1) is 25.0 Å². The van der Waals surface area contributed by atoms with E-state index in [-0.39, 0.29) is 12.1 Å². The van der Waals surface area contributed by atoms with Crippen LogP contribution in [0.3, 0.4) is 0 Å². The van der Waals surface area contributed by atoms with E-state index >= 15 is 0 Å². The fraction of sp³-hybridized carbons (Fsp3) is 0.786. The summed E-state index contributed by atoms with van der Waals surface area (Å²) in [6.45, 7) is 2.89. The second-order valence-corrected chi connectivity index (χ2v) is 5.55. The van der Waals surface area contributed by atoms with Gasteiger partial charge >= 0.3 is 0 Å². The van der Waals surface area contributed by atoms with Crippen LogP contribution in [0.4, 0.5) is 0 Å². The molecule has 108 valence electrons. The molecule has 0 saturated heterocycles. The first-order valence-corrected chi connectivity index (χ1v) is 7.04. The number of ether oxygens (including phenoxy) is 1. The largest absolute Gasteiger partial charge is 0.481 e. The van der Waals surface area contributed by atoms with Crippen molar-refractivity contribution >= 4 is 0 Å². The lowest BCUT2D eigenvalue weighted by Crippen LogP contribution is -2.49. The van der Waals surface area contributed by atoms with Gasteiger partial charge in [-0.05, 0) is 19.8 Å². The summed E-state index contributed by atoms with van der Waals surface area (Å²) in [5, 5.41) is 17.6. The second-order valence-electron chi connectivity index (χ2n) is 5.55. The lowest BCUT2D eigenvalue weighted by molar-refractivity contribution is 0.119. The molecule has 0 spiro atoms. The smallest absolute Gasteiger partial charge is 0.216 e. The molecule has 0 aliphatic heterocycles. The summed E-state index contributed by atoms with van der Waals surface area (Å²) in [6.07, 6.45) is 5.75. The number of rotatable bonds is 5. The Morgan fingerprint density at radius 3 is 2.63 bits per heavy atom. The maximum atomic E-state index is 9.71. The quantitative estimate of drug-likeness (QED) is 0.849. The van der Waals surface area contributed by atoms with Gasteiger partial charge in [-0.3, -0.25) is 0 Å². The highest BCUT2D eigenvalue weighted by molar-refractivity contribution is 5.31. The van der Waals surface area contributed by atoms with Crippen molar-refractivity contribution < 1.29 is 9.84 Å². The Bertz CT molecular complexity index is 423. The van der Waals surface area contributed by atoms with Crippen molar-refractivity contribution in [2.75, 3.05) is 13.7 Å². The number of hydrogen-bond donors (Lipinski definition) is 2. The Morgan fingerprint density at radius 2 is 2.05 bits per heavy atom. The molecule has 19 heavy (non-hydrogen) atoms. The average molecular weight is 267 g/mol. The first-order chi connectivity index (χ1) is 9.12. The summed E-state index contributed by atoms with van der Waals surface area (Å²) in [5.41, 5.74) is 1.95. The van der Waals surface area contributed by atoms with Crippen LogP contribution < -0.4 is 10.1 Å². The molecule has 0 radical (unpaired) electrons. The number of nitrogens with zero attached hydrogens (tertiary/aromatic N) is 2. The second kappa shape index (κ2) is 5.92. The van der Waals surface area contributed by atoms with Gasteiger partial charge in [-0.2, -0.15) is 5.10 Å². The molecule has 0 unspecified atom stereocenters. The van der Waals surface area contributed by atoms with Gasteiger partial charge in [0.2, 0.25) is 5.88 Å². The number of aliphatic hydroxyl groups is 1. The van der Waals surface area contributed by atoms with Crippen LogP contribution in [-0.4, -0.2) is 34.1 Å². The van der Waals surface area contributed by atoms with E-state index in [0.717, 1.165) is 30.0 Å². The molecule has 5 heteroatoms. The highest BCUT2D eigenvalue weighted by Crippen LogP contribution is 2.29. The number of aromatic nitrogens is 2. The number of aliphatic hydroxyl groups excluding tert-OH is 1. The fourth-order valence-electron chi connectivity index (χ4n) is 3.03. The molecule has 1 aromatic rings. The fourth-order valence-corrected chi connectivity index (χ4v) is 3.03. The van der Waals surface area contributed by atoms with Gasteiger partial charge in [0.25, 0.3) is 0 Å². The number of methoxy groups -OCH3 is 1. The van der Waals surface area contributed by atoms with Crippen LogP contribution in [-0.2, 0) is 13.6 Å². The molecule has 1 fully saturated rings. The van der Waals surface area contributed by atoms with E-state index in [2.05, 4.69) is 10.4 Å². The molecule has 1 aliphatic carbocycles. The van der Waals surface area contributed by atoms with Gasteiger partial charge < -0.3 is 15.2 Å². The van der Waals surface area contributed by atoms with Gasteiger partial charge in [0.15, 0.2) is 0 Å². The first-order valence-electron chi connectivity index (χ1n) is 7.04. The van der Waals surface area contributed by atoms with Gasteiger partial charge in [-0.1, -0.05) is 19.3 Å². The molecule has 1 aromatic heterocycles. The Labute approximate surface area is 115 Å². The van der Waals surface area contributed by atoms with Crippen LogP contribution in [0.5, 0.6) is 5.88 Å². The third-order valence-electron chi connectivity index (χ3n) is 4.24. The zero-order valence-corrected chi connectivity index (χ0v) is 12.2. The van der Waals surface area contributed by atoms with Crippen LogP contribution >= 0.6 is 0 Å².